The zero-order chi connectivity index (χ0) is 14.0. The fourth-order valence-electron chi connectivity index (χ4n) is 3.86. The van der Waals surface area contributed by atoms with Gasteiger partial charge in [-0.3, -0.25) is 4.79 Å². The summed E-state index contributed by atoms with van der Waals surface area (Å²) in [4.78, 5) is 11.9. The molecule has 0 aromatic rings. The van der Waals surface area contributed by atoms with Gasteiger partial charge in [0.25, 0.3) is 0 Å². The van der Waals surface area contributed by atoms with Crippen molar-refractivity contribution in [3.05, 3.63) is 0 Å². The molecule has 114 valence electrons. The Labute approximate surface area is 121 Å². The molecule has 3 N–H and O–H groups in total. The van der Waals surface area contributed by atoms with Crippen molar-refractivity contribution in [1.82, 2.24) is 5.32 Å². The Morgan fingerprint density at radius 2 is 1.90 bits per heavy atom. The summed E-state index contributed by atoms with van der Waals surface area (Å²) in [5, 5.41) is 3.51. The molecule has 0 saturated heterocycles. The maximum Gasteiger partial charge on any atom is 0.237 e. The smallest absolute Gasteiger partial charge is 0.237 e. The van der Waals surface area contributed by atoms with Gasteiger partial charge in [-0.05, 0) is 50.9 Å². The van der Waals surface area contributed by atoms with E-state index in [1.54, 1.807) is 0 Å². The van der Waals surface area contributed by atoms with Crippen LogP contribution in [0.25, 0.3) is 0 Å². The van der Waals surface area contributed by atoms with Crippen LogP contribution >= 0.6 is 0 Å². The summed E-state index contributed by atoms with van der Waals surface area (Å²) in [6.07, 6.45) is 11.7. The van der Waals surface area contributed by atoms with Gasteiger partial charge in [-0.15, -0.1) is 0 Å². The van der Waals surface area contributed by atoms with E-state index in [9.17, 15) is 4.79 Å². The molecule has 1 amide bonds. The maximum absolute atomic E-state index is 11.9. The van der Waals surface area contributed by atoms with E-state index >= 15 is 0 Å². The Kier molecular flexibility index (Phi) is 4.32. The van der Waals surface area contributed by atoms with Gasteiger partial charge in [0.15, 0.2) is 0 Å². The van der Waals surface area contributed by atoms with E-state index < -0.39 is 5.54 Å². The summed E-state index contributed by atoms with van der Waals surface area (Å²) in [5.41, 5.74) is 5.20. The summed E-state index contributed by atoms with van der Waals surface area (Å²) >= 11 is 0. The summed E-state index contributed by atoms with van der Waals surface area (Å²) in [5.74, 6) is 0.565. The van der Waals surface area contributed by atoms with Crippen LogP contribution in [0.15, 0.2) is 0 Å². The van der Waals surface area contributed by atoms with E-state index in [0.29, 0.717) is 6.04 Å². The predicted octanol–water partition coefficient (Wildman–Crippen LogP) is 2.11. The molecule has 4 nitrogen and oxygen atoms in total. The molecule has 3 saturated carbocycles. The van der Waals surface area contributed by atoms with Crippen molar-refractivity contribution < 1.29 is 9.53 Å². The number of hydrogen-bond acceptors (Lipinski definition) is 3. The number of hydrogen-bond donors (Lipinski definition) is 2. The fraction of sp³-hybridized carbons (Fsp3) is 0.938. The average molecular weight is 280 g/mol. The van der Waals surface area contributed by atoms with Crippen LogP contribution < -0.4 is 11.1 Å². The molecule has 2 atom stereocenters. The standard InChI is InChI=1S/C16H28N2O2/c17-15(19)16(18-13-7-8-13)9-3-6-14(10-16)20-11-12-4-1-2-5-12/h12-14,18H,1-11H2,(H2,17,19). The lowest BCUT2D eigenvalue weighted by Crippen LogP contribution is -2.59. The van der Waals surface area contributed by atoms with E-state index in [4.69, 9.17) is 10.5 Å². The number of nitrogens with one attached hydrogen (secondary N) is 1. The minimum Gasteiger partial charge on any atom is -0.378 e. The second-order valence-electron chi connectivity index (χ2n) is 7.07. The molecule has 4 heteroatoms. The molecule has 0 heterocycles. The van der Waals surface area contributed by atoms with Crippen LogP contribution in [-0.2, 0) is 9.53 Å². The number of nitrogens with two attached hydrogens (primary N) is 1. The highest BCUT2D eigenvalue weighted by atomic mass is 16.5. The maximum atomic E-state index is 11.9. The molecule has 0 aliphatic heterocycles. The predicted molar refractivity (Wildman–Crippen MR) is 78.2 cm³/mol. The molecule has 0 aromatic heterocycles. The van der Waals surface area contributed by atoms with Crippen LogP contribution in [0.4, 0.5) is 0 Å². The number of carbonyl (C=O) groups is 1. The number of rotatable bonds is 6. The van der Waals surface area contributed by atoms with E-state index in [2.05, 4.69) is 5.32 Å². The van der Waals surface area contributed by atoms with Crippen molar-refractivity contribution in [2.75, 3.05) is 6.61 Å². The normalized spacial score (nSPS) is 35.3. The SMILES string of the molecule is NC(=O)C1(NC2CC2)CCCC(OCC2CCCC2)C1. The molecular weight excluding hydrogens is 252 g/mol. The number of primary amides is 1. The van der Waals surface area contributed by atoms with Crippen molar-refractivity contribution in [1.29, 1.82) is 0 Å². The number of ether oxygens (including phenoxy) is 1. The molecule has 3 rings (SSSR count). The van der Waals surface area contributed by atoms with Gasteiger partial charge in [-0.1, -0.05) is 12.8 Å². The summed E-state index contributed by atoms with van der Waals surface area (Å²) in [6.45, 7) is 0.878. The highest BCUT2D eigenvalue weighted by Gasteiger charge is 2.44. The van der Waals surface area contributed by atoms with Crippen molar-refractivity contribution in [2.45, 2.75) is 81.9 Å². The number of amides is 1. The van der Waals surface area contributed by atoms with Crippen LogP contribution in [0.2, 0.25) is 0 Å². The van der Waals surface area contributed by atoms with E-state index in [1.165, 1.54) is 38.5 Å². The summed E-state index contributed by atoms with van der Waals surface area (Å²) < 4.78 is 6.13. The number of carbonyl (C=O) groups excluding carboxylic acids is 1. The van der Waals surface area contributed by atoms with Gasteiger partial charge in [0.2, 0.25) is 5.91 Å². The second kappa shape index (κ2) is 6.02. The van der Waals surface area contributed by atoms with Gasteiger partial charge in [0.1, 0.15) is 5.54 Å². The molecule has 3 aliphatic rings. The van der Waals surface area contributed by atoms with Gasteiger partial charge in [-0.25, -0.2) is 0 Å². The first-order valence-electron chi connectivity index (χ1n) is 8.37. The topological polar surface area (TPSA) is 64.4 Å². The third-order valence-electron chi connectivity index (χ3n) is 5.28. The Hall–Kier alpha value is -0.610. The summed E-state index contributed by atoms with van der Waals surface area (Å²) in [6, 6.07) is 0.510. The van der Waals surface area contributed by atoms with Gasteiger partial charge >= 0.3 is 0 Å². The van der Waals surface area contributed by atoms with Crippen molar-refractivity contribution in [3.8, 4) is 0 Å². The highest BCUT2D eigenvalue weighted by molar-refractivity contribution is 5.85. The average Bonchev–Trinajstić information content (AvgIpc) is 3.08. The second-order valence-corrected chi connectivity index (χ2v) is 7.07. The molecule has 0 aromatic carbocycles. The highest BCUT2D eigenvalue weighted by Crippen LogP contribution is 2.35. The Morgan fingerprint density at radius 3 is 2.55 bits per heavy atom. The molecule has 0 bridgehead atoms. The van der Waals surface area contributed by atoms with Crippen molar-refractivity contribution in [3.63, 3.8) is 0 Å². The first kappa shape index (κ1) is 14.3. The molecule has 20 heavy (non-hydrogen) atoms. The van der Waals surface area contributed by atoms with Crippen molar-refractivity contribution >= 4 is 5.91 Å². The minimum absolute atomic E-state index is 0.182. The molecular formula is C16H28N2O2. The Bertz CT molecular complexity index is 350. The van der Waals surface area contributed by atoms with Gasteiger partial charge < -0.3 is 15.8 Å². The van der Waals surface area contributed by atoms with E-state index in [0.717, 1.165) is 38.2 Å². The quantitative estimate of drug-likeness (QED) is 0.783. The Morgan fingerprint density at radius 1 is 1.15 bits per heavy atom. The van der Waals surface area contributed by atoms with Crippen LogP contribution in [0.1, 0.15) is 64.2 Å². The first-order chi connectivity index (χ1) is 9.68. The zero-order valence-electron chi connectivity index (χ0n) is 12.4. The largest absolute Gasteiger partial charge is 0.378 e. The fourth-order valence-corrected chi connectivity index (χ4v) is 3.86. The van der Waals surface area contributed by atoms with Gasteiger partial charge in [0, 0.05) is 19.1 Å². The van der Waals surface area contributed by atoms with Crippen LogP contribution in [-0.4, -0.2) is 30.2 Å². The van der Waals surface area contributed by atoms with E-state index in [1.807, 2.05) is 0 Å². The summed E-state index contributed by atoms with van der Waals surface area (Å²) in [7, 11) is 0. The Balaban J connectivity index is 1.54. The third kappa shape index (κ3) is 3.34. The molecule has 0 spiro atoms. The monoisotopic (exact) mass is 280 g/mol. The van der Waals surface area contributed by atoms with Crippen LogP contribution in [0, 0.1) is 5.92 Å². The lowest BCUT2D eigenvalue weighted by molar-refractivity contribution is -0.128. The lowest BCUT2D eigenvalue weighted by atomic mass is 9.79. The third-order valence-corrected chi connectivity index (χ3v) is 5.28. The lowest BCUT2D eigenvalue weighted by Gasteiger charge is -2.39. The van der Waals surface area contributed by atoms with Gasteiger partial charge in [0.05, 0.1) is 6.10 Å². The first-order valence-corrected chi connectivity index (χ1v) is 8.37. The van der Waals surface area contributed by atoms with Crippen molar-refractivity contribution in [2.24, 2.45) is 11.7 Å². The molecule has 0 radical (unpaired) electrons. The van der Waals surface area contributed by atoms with E-state index in [-0.39, 0.29) is 12.0 Å². The molecule has 2 unspecified atom stereocenters. The van der Waals surface area contributed by atoms with Crippen LogP contribution in [0.3, 0.4) is 0 Å². The molecule has 3 aliphatic carbocycles. The minimum atomic E-state index is -0.500. The molecule has 3 fully saturated rings. The zero-order valence-corrected chi connectivity index (χ0v) is 12.4. The van der Waals surface area contributed by atoms with Gasteiger partial charge in [-0.2, -0.15) is 0 Å². The van der Waals surface area contributed by atoms with Crippen LogP contribution in [0.5, 0.6) is 0 Å².